The highest BCUT2D eigenvalue weighted by atomic mass is 32.2. The highest BCUT2D eigenvalue weighted by molar-refractivity contribution is 7.89. The maximum Gasteiger partial charge on any atom is 0.242 e. The second-order valence-electron chi connectivity index (χ2n) is 5.14. The van der Waals surface area contributed by atoms with Gasteiger partial charge in [0.25, 0.3) is 0 Å². The van der Waals surface area contributed by atoms with Crippen LogP contribution in [0.2, 0.25) is 0 Å². The van der Waals surface area contributed by atoms with Crippen LogP contribution in [0.1, 0.15) is 18.4 Å². The summed E-state index contributed by atoms with van der Waals surface area (Å²) in [6.07, 6.45) is 2.13. The third-order valence-electron chi connectivity index (χ3n) is 3.59. The molecule has 1 aromatic carbocycles. The van der Waals surface area contributed by atoms with Crippen molar-refractivity contribution in [1.29, 1.82) is 5.26 Å². The Morgan fingerprint density at radius 3 is 2.95 bits per heavy atom. The monoisotopic (exact) mass is 293 g/mol. The molecule has 1 fully saturated rings. The fraction of sp³-hybridized carbons (Fsp3) is 0.500. The Bertz CT molecular complexity index is 601. The molecule has 0 aromatic heterocycles. The number of sulfonamides is 1. The molecule has 1 atom stereocenters. The summed E-state index contributed by atoms with van der Waals surface area (Å²) in [5.41, 5.74) is 0.360. The maximum atomic E-state index is 12.5. The predicted octanol–water partition coefficient (Wildman–Crippen LogP) is 1.18. The van der Waals surface area contributed by atoms with Crippen LogP contribution in [0.25, 0.3) is 0 Å². The summed E-state index contributed by atoms with van der Waals surface area (Å²) in [6.45, 7) is 2.38. The standard InChI is InChI=1S/C14H19N3O2S/c1-17(11-13-5-3-7-16-10-13)20(18,19)14-6-2-4-12(8-14)9-15/h2,4,6,8,13,16H,3,5,7,10-11H2,1H3. The number of hydrogen-bond donors (Lipinski definition) is 1. The number of piperidine rings is 1. The van der Waals surface area contributed by atoms with Gasteiger partial charge in [-0.25, -0.2) is 12.7 Å². The minimum Gasteiger partial charge on any atom is -0.316 e. The van der Waals surface area contributed by atoms with Gasteiger partial charge in [-0.05, 0) is 50.0 Å². The normalized spacial score (nSPS) is 19.8. The largest absolute Gasteiger partial charge is 0.316 e. The summed E-state index contributed by atoms with van der Waals surface area (Å²) in [5, 5.41) is 12.1. The molecule has 1 N–H and O–H groups in total. The Balaban J connectivity index is 2.14. The number of nitrogens with zero attached hydrogens (tertiary/aromatic N) is 2. The van der Waals surface area contributed by atoms with Crippen LogP contribution in [0, 0.1) is 17.2 Å². The zero-order valence-electron chi connectivity index (χ0n) is 11.5. The fourth-order valence-electron chi connectivity index (χ4n) is 2.45. The van der Waals surface area contributed by atoms with E-state index < -0.39 is 10.0 Å². The second-order valence-corrected chi connectivity index (χ2v) is 7.18. The topological polar surface area (TPSA) is 73.2 Å². The molecule has 0 aliphatic carbocycles. The lowest BCUT2D eigenvalue weighted by atomic mass is 10.00. The zero-order valence-corrected chi connectivity index (χ0v) is 12.4. The smallest absolute Gasteiger partial charge is 0.242 e. The quantitative estimate of drug-likeness (QED) is 0.904. The van der Waals surface area contributed by atoms with Crippen molar-refractivity contribution in [1.82, 2.24) is 9.62 Å². The minimum atomic E-state index is -3.52. The van der Waals surface area contributed by atoms with Gasteiger partial charge in [0.2, 0.25) is 10.0 Å². The van der Waals surface area contributed by atoms with Crippen molar-refractivity contribution in [2.75, 3.05) is 26.7 Å². The van der Waals surface area contributed by atoms with Crippen LogP contribution in [0.15, 0.2) is 29.2 Å². The van der Waals surface area contributed by atoms with Crippen molar-refractivity contribution in [3.63, 3.8) is 0 Å². The van der Waals surface area contributed by atoms with Crippen molar-refractivity contribution < 1.29 is 8.42 Å². The molecule has 2 rings (SSSR count). The van der Waals surface area contributed by atoms with Gasteiger partial charge in [0, 0.05) is 13.6 Å². The van der Waals surface area contributed by atoms with Crippen molar-refractivity contribution in [3.8, 4) is 6.07 Å². The summed E-state index contributed by atoms with van der Waals surface area (Å²) in [4.78, 5) is 0.183. The lowest BCUT2D eigenvalue weighted by molar-refractivity contribution is 0.315. The molecule has 1 aliphatic heterocycles. The van der Waals surface area contributed by atoms with Crippen molar-refractivity contribution in [3.05, 3.63) is 29.8 Å². The molecular weight excluding hydrogens is 274 g/mol. The molecular formula is C14H19N3O2S. The Hall–Kier alpha value is -1.42. The molecule has 0 radical (unpaired) electrons. The molecule has 0 spiro atoms. The summed E-state index contributed by atoms with van der Waals surface area (Å²) >= 11 is 0. The van der Waals surface area contributed by atoms with E-state index in [0.717, 1.165) is 25.9 Å². The van der Waals surface area contributed by atoms with Gasteiger partial charge in [0.1, 0.15) is 0 Å². The van der Waals surface area contributed by atoms with E-state index in [1.165, 1.54) is 16.4 Å². The Labute approximate surface area is 120 Å². The summed E-state index contributed by atoms with van der Waals surface area (Å²) in [7, 11) is -1.92. The molecule has 1 aromatic rings. The first-order valence-corrected chi connectivity index (χ1v) is 8.15. The predicted molar refractivity (Wildman–Crippen MR) is 76.6 cm³/mol. The van der Waals surface area contributed by atoms with Gasteiger partial charge < -0.3 is 5.32 Å². The first-order chi connectivity index (χ1) is 9.54. The van der Waals surface area contributed by atoms with Crippen LogP contribution >= 0.6 is 0 Å². The van der Waals surface area contributed by atoms with Crippen LogP contribution in [0.3, 0.4) is 0 Å². The zero-order chi connectivity index (χ0) is 14.6. The summed E-state index contributed by atoms with van der Waals surface area (Å²) in [5.74, 6) is 0.350. The molecule has 108 valence electrons. The summed E-state index contributed by atoms with van der Waals surface area (Å²) in [6, 6.07) is 8.12. The van der Waals surface area contributed by atoms with Gasteiger partial charge in [-0.3, -0.25) is 0 Å². The number of rotatable bonds is 4. The van der Waals surface area contributed by atoms with Gasteiger partial charge in [0.05, 0.1) is 16.5 Å². The van der Waals surface area contributed by atoms with E-state index in [2.05, 4.69) is 5.32 Å². The Kier molecular flexibility index (Phi) is 4.76. The minimum absolute atomic E-state index is 0.183. The fourth-order valence-corrected chi connectivity index (χ4v) is 3.74. The number of benzene rings is 1. The van der Waals surface area contributed by atoms with E-state index in [1.807, 2.05) is 6.07 Å². The van der Waals surface area contributed by atoms with Gasteiger partial charge in [-0.1, -0.05) is 6.07 Å². The number of hydrogen-bond acceptors (Lipinski definition) is 4. The molecule has 0 saturated carbocycles. The molecule has 6 heteroatoms. The van der Waals surface area contributed by atoms with E-state index in [1.54, 1.807) is 19.2 Å². The first-order valence-electron chi connectivity index (χ1n) is 6.71. The van der Waals surface area contributed by atoms with Crippen LogP contribution in [0.5, 0.6) is 0 Å². The average Bonchev–Trinajstić information content (AvgIpc) is 2.48. The van der Waals surface area contributed by atoms with Crippen molar-refractivity contribution in [2.24, 2.45) is 5.92 Å². The molecule has 1 unspecified atom stereocenters. The first kappa shape index (κ1) is 15.0. The molecule has 0 amide bonds. The molecule has 5 nitrogen and oxygen atoms in total. The van der Waals surface area contributed by atoms with E-state index in [0.29, 0.717) is 18.0 Å². The number of nitrogens with one attached hydrogen (secondary N) is 1. The van der Waals surface area contributed by atoms with Gasteiger partial charge >= 0.3 is 0 Å². The Morgan fingerprint density at radius 1 is 1.50 bits per heavy atom. The molecule has 1 saturated heterocycles. The second kappa shape index (κ2) is 6.35. The third kappa shape index (κ3) is 3.37. The maximum absolute atomic E-state index is 12.5. The Morgan fingerprint density at radius 2 is 2.30 bits per heavy atom. The number of nitriles is 1. The lowest BCUT2D eigenvalue weighted by Gasteiger charge is -2.27. The van der Waals surface area contributed by atoms with Gasteiger partial charge in [0.15, 0.2) is 0 Å². The van der Waals surface area contributed by atoms with E-state index >= 15 is 0 Å². The highest BCUT2D eigenvalue weighted by Crippen LogP contribution is 2.19. The van der Waals surface area contributed by atoms with E-state index in [-0.39, 0.29) is 4.90 Å². The molecule has 20 heavy (non-hydrogen) atoms. The van der Waals surface area contributed by atoms with E-state index in [4.69, 9.17) is 5.26 Å². The molecule has 0 bridgehead atoms. The van der Waals surface area contributed by atoms with Gasteiger partial charge in [-0.15, -0.1) is 0 Å². The van der Waals surface area contributed by atoms with Crippen molar-refractivity contribution >= 4 is 10.0 Å². The van der Waals surface area contributed by atoms with Crippen LogP contribution in [-0.2, 0) is 10.0 Å². The van der Waals surface area contributed by atoms with Crippen LogP contribution < -0.4 is 5.32 Å². The van der Waals surface area contributed by atoms with Gasteiger partial charge in [-0.2, -0.15) is 5.26 Å². The summed E-state index contributed by atoms with van der Waals surface area (Å²) < 4.78 is 26.3. The van der Waals surface area contributed by atoms with E-state index in [9.17, 15) is 8.42 Å². The lowest BCUT2D eigenvalue weighted by Crippen LogP contribution is -2.39. The molecule has 1 aliphatic rings. The SMILES string of the molecule is CN(CC1CCCNC1)S(=O)(=O)c1cccc(C#N)c1. The van der Waals surface area contributed by atoms with Crippen LogP contribution in [0.4, 0.5) is 0 Å². The molecule has 1 heterocycles. The third-order valence-corrected chi connectivity index (χ3v) is 5.40. The van der Waals surface area contributed by atoms with Crippen LogP contribution in [-0.4, -0.2) is 39.4 Å². The van der Waals surface area contributed by atoms with Crippen molar-refractivity contribution in [2.45, 2.75) is 17.7 Å². The average molecular weight is 293 g/mol. The highest BCUT2D eigenvalue weighted by Gasteiger charge is 2.24.